The summed E-state index contributed by atoms with van der Waals surface area (Å²) in [6.45, 7) is 6.29. The lowest BCUT2D eigenvalue weighted by Crippen LogP contribution is -2.37. The Labute approximate surface area is 85.9 Å². The van der Waals surface area contributed by atoms with Crippen molar-refractivity contribution in [3.63, 3.8) is 0 Å². The summed E-state index contributed by atoms with van der Waals surface area (Å²) in [6, 6.07) is 0. The van der Waals surface area contributed by atoms with Crippen LogP contribution in [-0.2, 0) is 10.0 Å². The van der Waals surface area contributed by atoms with Crippen molar-refractivity contribution in [2.24, 2.45) is 0 Å². The third-order valence-electron chi connectivity index (χ3n) is 1.67. The van der Waals surface area contributed by atoms with E-state index in [0.717, 1.165) is 0 Å². The molecule has 6 heteroatoms. The molecule has 0 saturated carbocycles. The first kappa shape index (κ1) is 13.8. The van der Waals surface area contributed by atoms with Crippen molar-refractivity contribution >= 4 is 10.0 Å². The van der Waals surface area contributed by atoms with Crippen molar-refractivity contribution in [1.29, 1.82) is 0 Å². The quantitative estimate of drug-likeness (QED) is 0.499. The van der Waals surface area contributed by atoms with Gasteiger partial charge in [0.15, 0.2) is 0 Å². The van der Waals surface area contributed by atoms with E-state index in [1.165, 1.54) is 0 Å². The molecule has 0 aromatic rings. The molecule has 0 aliphatic heterocycles. The van der Waals surface area contributed by atoms with Gasteiger partial charge in [-0.2, -0.15) is 0 Å². The predicted octanol–water partition coefficient (Wildman–Crippen LogP) is -0.715. The normalized spacial score (nSPS) is 14.6. The molecule has 3 N–H and O–H groups in total. The maximum absolute atomic E-state index is 11.2. The van der Waals surface area contributed by atoms with Crippen LogP contribution in [0.3, 0.4) is 0 Å². The van der Waals surface area contributed by atoms with Crippen molar-refractivity contribution < 1.29 is 13.5 Å². The second-order valence-corrected chi connectivity index (χ2v) is 5.86. The minimum atomic E-state index is -3.15. The second kappa shape index (κ2) is 6.34. The highest BCUT2D eigenvalue weighted by atomic mass is 32.2. The Morgan fingerprint density at radius 3 is 2.21 bits per heavy atom. The van der Waals surface area contributed by atoms with Crippen LogP contribution in [0.1, 0.15) is 20.8 Å². The highest BCUT2D eigenvalue weighted by molar-refractivity contribution is 7.90. The van der Waals surface area contributed by atoms with E-state index >= 15 is 0 Å². The zero-order valence-corrected chi connectivity index (χ0v) is 9.76. The Morgan fingerprint density at radius 1 is 1.21 bits per heavy atom. The Balaban J connectivity index is 3.55. The highest BCUT2D eigenvalue weighted by Crippen LogP contribution is 1.94. The monoisotopic (exact) mass is 224 g/mol. The number of sulfonamides is 1. The van der Waals surface area contributed by atoms with E-state index in [4.69, 9.17) is 5.11 Å². The van der Waals surface area contributed by atoms with E-state index in [9.17, 15) is 8.42 Å². The van der Waals surface area contributed by atoms with Crippen molar-refractivity contribution in [3.8, 4) is 0 Å². The average Bonchev–Trinajstić information content (AvgIpc) is 2.02. The van der Waals surface area contributed by atoms with E-state index < -0.39 is 21.4 Å². The second-order valence-electron chi connectivity index (χ2n) is 3.54. The summed E-state index contributed by atoms with van der Waals surface area (Å²) >= 11 is 0. The van der Waals surface area contributed by atoms with Crippen LogP contribution in [-0.4, -0.2) is 44.5 Å². The van der Waals surface area contributed by atoms with Gasteiger partial charge in [-0.05, 0) is 20.8 Å². The SMILES string of the molecule is CC(O)CNCCNS(=O)(=O)C(C)C. The van der Waals surface area contributed by atoms with Gasteiger partial charge in [-0.1, -0.05) is 0 Å². The minimum Gasteiger partial charge on any atom is -0.392 e. The van der Waals surface area contributed by atoms with Crippen LogP contribution in [0, 0.1) is 0 Å². The van der Waals surface area contributed by atoms with Crippen molar-refractivity contribution in [1.82, 2.24) is 10.0 Å². The molecule has 0 amide bonds. The molecule has 0 aromatic carbocycles. The van der Waals surface area contributed by atoms with E-state index in [1.54, 1.807) is 20.8 Å². The van der Waals surface area contributed by atoms with E-state index in [2.05, 4.69) is 10.0 Å². The Hall–Kier alpha value is -0.170. The maximum Gasteiger partial charge on any atom is 0.213 e. The van der Waals surface area contributed by atoms with E-state index in [0.29, 0.717) is 19.6 Å². The summed E-state index contributed by atoms with van der Waals surface area (Å²) in [5.74, 6) is 0. The molecule has 1 atom stereocenters. The molecule has 0 aliphatic carbocycles. The summed E-state index contributed by atoms with van der Waals surface area (Å²) < 4.78 is 24.9. The molecule has 0 bridgehead atoms. The summed E-state index contributed by atoms with van der Waals surface area (Å²) in [4.78, 5) is 0. The molecule has 86 valence electrons. The Bertz CT molecular complexity index is 237. The number of nitrogens with one attached hydrogen (secondary N) is 2. The fraction of sp³-hybridized carbons (Fsp3) is 1.00. The third kappa shape index (κ3) is 6.31. The van der Waals surface area contributed by atoms with Crippen LogP contribution in [0.25, 0.3) is 0 Å². The van der Waals surface area contributed by atoms with Gasteiger partial charge in [-0.25, -0.2) is 13.1 Å². The first-order chi connectivity index (χ1) is 6.36. The zero-order valence-electron chi connectivity index (χ0n) is 8.95. The topological polar surface area (TPSA) is 78.4 Å². The van der Waals surface area contributed by atoms with E-state index in [-0.39, 0.29) is 0 Å². The molecule has 0 spiro atoms. The molecule has 5 nitrogen and oxygen atoms in total. The molecule has 0 fully saturated rings. The van der Waals surface area contributed by atoms with Gasteiger partial charge >= 0.3 is 0 Å². The largest absolute Gasteiger partial charge is 0.392 e. The van der Waals surface area contributed by atoms with Crippen LogP contribution in [0.5, 0.6) is 0 Å². The number of aliphatic hydroxyl groups excluding tert-OH is 1. The van der Waals surface area contributed by atoms with Gasteiger partial charge in [-0.15, -0.1) is 0 Å². The average molecular weight is 224 g/mol. The van der Waals surface area contributed by atoms with Crippen LogP contribution in [0.15, 0.2) is 0 Å². The Kier molecular flexibility index (Phi) is 6.26. The first-order valence-electron chi connectivity index (χ1n) is 4.73. The standard InChI is InChI=1S/C8H20N2O3S/c1-7(2)14(12,13)10-5-4-9-6-8(3)11/h7-11H,4-6H2,1-3H3. The molecule has 1 unspecified atom stereocenters. The Morgan fingerprint density at radius 2 is 1.79 bits per heavy atom. The van der Waals surface area contributed by atoms with Crippen LogP contribution < -0.4 is 10.0 Å². The van der Waals surface area contributed by atoms with Gasteiger partial charge in [0.25, 0.3) is 0 Å². The fourth-order valence-electron chi connectivity index (χ4n) is 0.759. The maximum atomic E-state index is 11.2. The smallest absolute Gasteiger partial charge is 0.213 e. The lowest BCUT2D eigenvalue weighted by atomic mass is 10.4. The van der Waals surface area contributed by atoms with Crippen LogP contribution in [0.4, 0.5) is 0 Å². The van der Waals surface area contributed by atoms with E-state index in [1.807, 2.05) is 0 Å². The van der Waals surface area contributed by atoms with Crippen LogP contribution in [0.2, 0.25) is 0 Å². The van der Waals surface area contributed by atoms with Gasteiger partial charge in [0.2, 0.25) is 10.0 Å². The van der Waals surface area contributed by atoms with Crippen molar-refractivity contribution in [3.05, 3.63) is 0 Å². The van der Waals surface area contributed by atoms with Gasteiger partial charge in [-0.3, -0.25) is 0 Å². The number of hydrogen-bond donors (Lipinski definition) is 3. The summed E-state index contributed by atoms with van der Waals surface area (Å²) in [6.07, 6.45) is -0.406. The molecule has 0 aliphatic rings. The summed E-state index contributed by atoms with van der Waals surface area (Å²) in [5, 5.41) is 11.4. The summed E-state index contributed by atoms with van der Waals surface area (Å²) in [5.41, 5.74) is 0. The molecule has 0 aromatic heterocycles. The lowest BCUT2D eigenvalue weighted by molar-refractivity contribution is 0.192. The predicted molar refractivity (Wildman–Crippen MR) is 56.6 cm³/mol. The van der Waals surface area contributed by atoms with Crippen LogP contribution >= 0.6 is 0 Å². The molecule has 14 heavy (non-hydrogen) atoms. The number of hydrogen-bond acceptors (Lipinski definition) is 4. The highest BCUT2D eigenvalue weighted by Gasteiger charge is 2.13. The summed E-state index contributed by atoms with van der Waals surface area (Å²) in [7, 11) is -3.15. The molecular formula is C8H20N2O3S. The molecule has 0 heterocycles. The van der Waals surface area contributed by atoms with Gasteiger partial charge in [0.05, 0.1) is 11.4 Å². The van der Waals surface area contributed by atoms with Crippen molar-refractivity contribution in [2.45, 2.75) is 32.1 Å². The van der Waals surface area contributed by atoms with Crippen molar-refractivity contribution in [2.75, 3.05) is 19.6 Å². The fourth-order valence-corrected chi connectivity index (χ4v) is 1.48. The minimum absolute atomic E-state index is 0.354. The molecule has 0 rings (SSSR count). The van der Waals surface area contributed by atoms with Gasteiger partial charge in [0, 0.05) is 19.6 Å². The number of aliphatic hydroxyl groups is 1. The van der Waals surface area contributed by atoms with Gasteiger partial charge < -0.3 is 10.4 Å². The molecular weight excluding hydrogens is 204 g/mol. The molecule has 0 saturated heterocycles. The van der Waals surface area contributed by atoms with Gasteiger partial charge in [0.1, 0.15) is 0 Å². The number of rotatable bonds is 7. The zero-order chi connectivity index (χ0) is 11.2. The lowest BCUT2D eigenvalue weighted by Gasteiger charge is -2.10. The third-order valence-corrected chi connectivity index (χ3v) is 3.51. The first-order valence-corrected chi connectivity index (χ1v) is 6.28. The molecule has 0 radical (unpaired) electrons.